The van der Waals surface area contributed by atoms with Crippen LogP contribution in [0.3, 0.4) is 0 Å². The van der Waals surface area contributed by atoms with Gasteiger partial charge in [-0.1, -0.05) is 30.3 Å². The van der Waals surface area contributed by atoms with Crippen molar-refractivity contribution in [1.29, 1.82) is 0 Å². The third-order valence-electron chi connectivity index (χ3n) is 5.72. The van der Waals surface area contributed by atoms with Crippen LogP contribution >= 0.6 is 0 Å². The zero-order valence-corrected chi connectivity index (χ0v) is 16.8. The highest BCUT2D eigenvalue weighted by atomic mass is 16.2. The van der Waals surface area contributed by atoms with Gasteiger partial charge in [0.2, 0.25) is 11.8 Å². The fraction of sp³-hybridized carbons (Fsp3) is 0.435. The van der Waals surface area contributed by atoms with E-state index in [1.54, 1.807) is 6.20 Å². The third kappa shape index (κ3) is 5.01. The Kier molecular flexibility index (Phi) is 5.90. The van der Waals surface area contributed by atoms with Gasteiger partial charge in [-0.15, -0.1) is 0 Å². The minimum atomic E-state index is -0.292. The molecule has 0 spiro atoms. The molecule has 0 radical (unpaired) electrons. The number of carbonyl (C=O) groups is 2. The molecule has 1 saturated carbocycles. The van der Waals surface area contributed by atoms with E-state index in [-0.39, 0.29) is 23.8 Å². The minimum absolute atomic E-state index is 0.0152. The molecule has 1 atom stereocenters. The Bertz CT molecular complexity index is 858. The first-order valence-corrected chi connectivity index (χ1v) is 10.4. The highest BCUT2D eigenvalue weighted by Gasteiger charge is 2.35. The standard InChI is InChI=1S/C23H28N4O2/c1-16-9-12-24-20(15-16)26-22(28)18-10-13-27(14-11-18)21(17-5-3-2-4-6-17)23(29)25-19-7-8-19/h2-6,9,12,15,18-19,21H,7-8,10-11,13-14H2,1H3,(H,25,29)(H,24,26,28). The molecular weight excluding hydrogens is 364 g/mol. The Morgan fingerprint density at radius 1 is 1.07 bits per heavy atom. The monoisotopic (exact) mass is 392 g/mol. The van der Waals surface area contributed by atoms with Gasteiger partial charge in [0.25, 0.3) is 0 Å². The van der Waals surface area contributed by atoms with Crippen molar-refractivity contribution in [3.05, 3.63) is 59.8 Å². The van der Waals surface area contributed by atoms with Crippen molar-refractivity contribution >= 4 is 17.6 Å². The number of rotatable bonds is 6. The van der Waals surface area contributed by atoms with Gasteiger partial charge in [-0.2, -0.15) is 0 Å². The average molecular weight is 393 g/mol. The van der Waals surface area contributed by atoms with Crippen LogP contribution in [0.2, 0.25) is 0 Å². The molecule has 6 nitrogen and oxygen atoms in total. The average Bonchev–Trinajstić information content (AvgIpc) is 3.53. The zero-order valence-electron chi connectivity index (χ0n) is 16.8. The number of pyridine rings is 1. The Morgan fingerprint density at radius 2 is 1.79 bits per heavy atom. The van der Waals surface area contributed by atoms with E-state index < -0.39 is 0 Å². The van der Waals surface area contributed by atoms with E-state index in [0.717, 1.165) is 49.9 Å². The highest BCUT2D eigenvalue weighted by molar-refractivity contribution is 5.91. The lowest BCUT2D eigenvalue weighted by molar-refractivity contribution is -0.128. The van der Waals surface area contributed by atoms with Crippen molar-refractivity contribution in [2.75, 3.05) is 18.4 Å². The second-order valence-electron chi connectivity index (χ2n) is 8.11. The molecule has 2 N–H and O–H groups in total. The topological polar surface area (TPSA) is 74.3 Å². The molecule has 2 heterocycles. The van der Waals surface area contributed by atoms with E-state index >= 15 is 0 Å². The Morgan fingerprint density at radius 3 is 2.45 bits per heavy atom. The van der Waals surface area contributed by atoms with E-state index in [9.17, 15) is 9.59 Å². The summed E-state index contributed by atoms with van der Waals surface area (Å²) in [6.07, 6.45) is 5.32. The molecule has 4 rings (SSSR count). The number of nitrogens with zero attached hydrogens (tertiary/aromatic N) is 2. The molecule has 29 heavy (non-hydrogen) atoms. The van der Waals surface area contributed by atoms with E-state index in [1.165, 1.54) is 0 Å². The van der Waals surface area contributed by atoms with Gasteiger partial charge in [-0.3, -0.25) is 14.5 Å². The molecule has 1 aliphatic heterocycles. The number of benzene rings is 1. The number of amides is 2. The van der Waals surface area contributed by atoms with E-state index in [0.29, 0.717) is 11.9 Å². The molecule has 0 bridgehead atoms. The van der Waals surface area contributed by atoms with Gasteiger partial charge in [-0.05, 0) is 69.0 Å². The Balaban J connectivity index is 1.39. The summed E-state index contributed by atoms with van der Waals surface area (Å²) >= 11 is 0. The summed E-state index contributed by atoms with van der Waals surface area (Å²) in [5.41, 5.74) is 2.08. The van der Waals surface area contributed by atoms with Crippen LogP contribution in [0.15, 0.2) is 48.7 Å². The fourth-order valence-electron chi connectivity index (χ4n) is 3.92. The number of aryl methyl sites for hydroxylation is 1. The minimum Gasteiger partial charge on any atom is -0.352 e. The summed E-state index contributed by atoms with van der Waals surface area (Å²) < 4.78 is 0. The number of nitrogens with one attached hydrogen (secondary N) is 2. The van der Waals surface area contributed by atoms with Crippen LogP contribution in [0.25, 0.3) is 0 Å². The molecule has 1 aromatic carbocycles. The number of aromatic nitrogens is 1. The van der Waals surface area contributed by atoms with Gasteiger partial charge in [0.05, 0.1) is 0 Å². The van der Waals surface area contributed by atoms with Crippen molar-refractivity contribution in [3.8, 4) is 0 Å². The first kappa shape index (κ1) is 19.6. The predicted octanol–water partition coefficient (Wildman–Crippen LogP) is 3.06. The van der Waals surface area contributed by atoms with Crippen molar-refractivity contribution in [1.82, 2.24) is 15.2 Å². The van der Waals surface area contributed by atoms with E-state index in [4.69, 9.17) is 0 Å². The molecule has 2 fully saturated rings. The number of hydrogen-bond donors (Lipinski definition) is 2. The fourth-order valence-corrected chi connectivity index (χ4v) is 3.92. The van der Waals surface area contributed by atoms with Crippen molar-refractivity contribution in [3.63, 3.8) is 0 Å². The van der Waals surface area contributed by atoms with E-state index in [2.05, 4.69) is 20.5 Å². The Hall–Kier alpha value is -2.73. The van der Waals surface area contributed by atoms with E-state index in [1.807, 2.05) is 49.4 Å². The second-order valence-corrected chi connectivity index (χ2v) is 8.11. The molecule has 1 unspecified atom stereocenters. The smallest absolute Gasteiger partial charge is 0.242 e. The van der Waals surface area contributed by atoms with Crippen LogP contribution in [0.4, 0.5) is 5.82 Å². The van der Waals surface area contributed by atoms with Gasteiger partial charge < -0.3 is 10.6 Å². The van der Waals surface area contributed by atoms with Gasteiger partial charge in [-0.25, -0.2) is 4.98 Å². The SMILES string of the molecule is Cc1ccnc(NC(=O)C2CCN(C(C(=O)NC3CC3)c3ccccc3)CC2)c1. The lowest BCUT2D eigenvalue weighted by Crippen LogP contribution is -2.46. The van der Waals surface area contributed by atoms with Gasteiger partial charge in [0, 0.05) is 18.2 Å². The number of anilines is 1. The first-order valence-electron chi connectivity index (χ1n) is 10.4. The largest absolute Gasteiger partial charge is 0.352 e. The summed E-state index contributed by atoms with van der Waals surface area (Å²) in [4.78, 5) is 32.0. The van der Waals surface area contributed by atoms with Crippen LogP contribution in [0, 0.1) is 12.8 Å². The third-order valence-corrected chi connectivity index (χ3v) is 5.72. The maximum absolute atomic E-state index is 12.9. The highest BCUT2D eigenvalue weighted by Crippen LogP contribution is 2.29. The van der Waals surface area contributed by atoms with Gasteiger partial charge >= 0.3 is 0 Å². The van der Waals surface area contributed by atoms with Gasteiger partial charge in [0.15, 0.2) is 0 Å². The summed E-state index contributed by atoms with van der Waals surface area (Å²) in [5.74, 6) is 0.631. The van der Waals surface area contributed by atoms with Crippen LogP contribution in [-0.2, 0) is 9.59 Å². The molecule has 2 aromatic rings. The normalized spacial score (nSPS) is 18.8. The molecule has 1 saturated heterocycles. The molecule has 6 heteroatoms. The summed E-state index contributed by atoms with van der Waals surface area (Å²) in [6.45, 7) is 3.42. The Labute approximate surface area is 171 Å². The van der Waals surface area contributed by atoms with Crippen LogP contribution in [0.5, 0.6) is 0 Å². The zero-order chi connectivity index (χ0) is 20.2. The first-order chi connectivity index (χ1) is 14.1. The predicted molar refractivity (Wildman–Crippen MR) is 112 cm³/mol. The molecule has 152 valence electrons. The molecular formula is C23H28N4O2. The van der Waals surface area contributed by atoms with Gasteiger partial charge in [0.1, 0.15) is 11.9 Å². The quantitative estimate of drug-likeness (QED) is 0.792. The lowest BCUT2D eigenvalue weighted by atomic mass is 9.93. The number of carbonyl (C=O) groups excluding carboxylic acids is 2. The molecule has 2 amide bonds. The second kappa shape index (κ2) is 8.74. The number of hydrogen-bond acceptors (Lipinski definition) is 4. The summed E-state index contributed by atoms with van der Waals surface area (Å²) in [6, 6.07) is 13.8. The summed E-state index contributed by atoms with van der Waals surface area (Å²) in [7, 11) is 0. The molecule has 2 aliphatic rings. The van der Waals surface area contributed by atoms with Crippen LogP contribution < -0.4 is 10.6 Å². The number of likely N-dealkylation sites (tertiary alicyclic amines) is 1. The van der Waals surface area contributed by atoms with Crippen LogP contribution in [-0.4, -0.2) is 40.8 Å². The lowest BCUT2D eigenvalue weighted by Gasteiger charge is -2.36. The summed E-state index contributed by atoms with van der Waals surface area (Å²) in [5, 5.41) is 6.09. The van der Waals surface area contributed by atoms with Crippen molar-refractivity contribution in [2.45, 2.75) is 44.7 Å². The molecule has 1 aromatic heterocycles. The van der Waals surface area contributed by atoms with Crippen molar-refractivity contribution < 1.29 is 9.59 Å². The molecule has 1 aliphatic carbocycles. The van der Waals surface area contributed by atoms with Crippen LogP contribution in [0.1, 0.15) is 42.9 Å². The maximum atomic E-state index is 12.9. The number of piperidine rings is 1. The maximum Gasteiger partial charge on any atom is 0.242 e. The van der Waals surface area contributed by atoms with Crippen molar-refractivity contribution in [2.24, 2.45) is 5.92 Å².